The Balaban J connectivity index is 1.33. The van der Waals surface area contributed by atoms with Crippen LogP contribution in [0, 0.1) is 0 Å². The lowest BCUT2D eigenvalue weighted by atomic mass is 9.96. The lowest BCUT2D eigenvalue weighted by Crippen LogP contribution is -2.43. The number of rotatable bonds is 3. The number of nitrogens with zero attached hydrogens (tertiary/aromatic N) is 2. The van der Waals surface area contributed by atoms with Gasteiger partial charge in [-0.05, 0) is 47.6 Å². The second-order valence-electron chi connectivity index (χ2n) is 8.02. The molecule has 0 spiro atoms. The van der Waals surface area contributed by atoms with Crippen molar-refractivity contribution in [2.45, 2.75) is 31.4 Å². The van der Waals surface area contributed by atoms with E-state index in [2.05, 4.69) is 28.4 Å². The first-order valence-corrected chi connectivity index (χ1v) is 10.4. The fourth-order valence-corrected chi connectivity index (χ4v) is 4.91. The van der Waals surface area contributed by atoms with Gasteiger partial charge in [0.2, 0.25) is 0 Å². The van der Waals surface area contributed by atoms with Gasteiger partial charge < -0.3 is 19.9 Å². The van der Waals surface area contributed by atoms with Crippen molar-refractivity contribution in [2.75, 3.05) is 37.6 Å². The van der Waals surface area contributed by atoms with E-state index in [0.717, 1.165) is 51.1 Å². The van der Waals surface area contributed by atoms with Gasteiger partial charge in [-0.1, -0.05) is 36.4 Å². The molecule has 1 aliphatic carbocycles. The van der Waals surface area contributed by atoms with Gasteiger partial charge in [0.05, 0.1) is 6.04 Å². The number of carbonyl (C=O) groups is 1. The summed E-state index contributed by atoms with van der Waals surface area (Å²) in [6.07, 6.45) is 1.87. The molecule has 0 saturated carbocycles. The minimum Gasteiger partial charge on any atom is -0.445 e. The first-order valence-electron chi connectivity index (χ1n) is 10.4. The number of carbonyl (C=O) groups excluding carboxylic acids is 1. The Morgan fingerprint density at radius 1 is 1.04 bits per heavy atom. The summed E-state index contributed by atoms with van der Waals surface area (Å²) >= 11 is 0. The number of hydrogen-bond acceptors (Lipinski definition) is 4. The largest absolute Gasteiger partial charge is 0.445 e. The minimum atomic E-state index is -0.187. The molecule has 2 fully saturated rings. The fourth-order valence-electron chi connectivity index (χ4n) is 4.91. The van der Waals surface area contributed by atoms with Crippen LogP contribution >= 0.6 is 0 Å². The predicted molar refractivity (Wildman–Crippen MR) is 110 cm³/mol. The molecular weight excluding hydrogens is 350 g/mol. The third-order valence-electron chi connectivity index (χ3n) is 6.39. The van der Waals surface area contributed by atoms with Crippen molar-refractivity contribution in [3.05, 3.63) is 65.2 Å². The summed E-state index contributed by atoms with van der Waals surface area (Å²) in [4.78, 5) is 17.2. The molecule has 1 unspecified atom stereocenters. The SMILES string of the molecule is O=C(OCc1ccccc1)N1CCC2C[C@@H]1c1cc(N3CCNCC3)ccc12. The molecule has 2 aliphatic heterocycles. The highest BCUT2D eigenvalue weighted by molar-refractivity contribution is 5.70. The zero-order chi connectivity index (χ0) is 18.9. The van der Waals surface area contributed by atoms with Crippen molar-refractivity contribution in [3.8, 4) is 0 Å². The standard InChI is InChI=1S/C23H27N3O2/c27-23(28-16-17-4-2-1-3-5-17)26-11-8-18-14-22(26)21-15-19(6-7-20(18)21)25-12-9-24-10-13-25/h1-7,15,18,22,24H,8-14,16H2/t18?,22-/m1/s1. The summed E-state index contributed by atoms with van der Waals surface area (Å²) in [5.41, 5.74) is 5.07. The summed E-state index contributed by atoms with van der Waals surface area (Å²) in [5, 5.41) is 3.41. The van der Waals surface area contributed by atoms with Gasteiger partial charge >= 0.3 is 6.09 Å². The van der Waals surface area contributed by atoms with E-state index in [1.807, 2.05) is 35.2 Å². The number of ether oxygens (including phenoxy) is 1. The molecule has 2 heterocycles. The van der Waals surface area contributed by atoms with E-state index in [-0.39, 0.29) is 12.1 Å². The molecule has 2 bridgehead atoms. The molecule has 1 N–H and O–H groups in total. The Morgan fingerprint density at radius 3 is 2.68 bits per heavy atom. The maximum Gasteiger partial charge on any atom is 0.410 e. The van der Waals surface area contributed by atoms with E-state index < -0.39 is 0 Å². The molecule has 2 aromatic rings. The Hall–Kier alpha value is -2.53. The van der Waals surface area contributed by atoms with Gasteiger partial charge in [-0.3, -0.25) is 0 Å². The molecule has 5 rings (SSSR count). The van der Waals surface area contributed by atoms with Gasteiger partial charge in [0.15, 0.2) is 0 Å². The zero-order valence-corrected chi connectivity index (χ0v) is 16.1. The van der Waals surface area contributed by atoms with Crippen molar-refractivity contribution >= 4 is 11.8 Å². The lowest BCUT2D eigenvalue weighted by molar-refractivity contribution is 0.0694. The van der Waals surface area contributed by atoms with Crippen molar-refractivity contribution in [1.29, 1.82) is 0 Å². The van der Waals surface area contributed by atoms with Crippen molar-refractivity contribution < 1.29 is 9.53 Å². The van der Waals surface area contributed by atoms with Crippen molar-refractivity contribution in [1.82, 2.24) is 10.2 Å². The fraction of sp³-hybridized carbons (Fsp3) is 0.435. The molecule has 2 saturated heterocycles. The third kappa shape index (κ3) is 3.24. The number of nitrogens with one attached hydrogen (secondary N) is 1. The summed E-state index contributed by atoms with van der Waals surface area (Å²) in [6.45, 7) is 5.24. The third-order valence-corrected chi connectivity index (χ3v) is 6.39. The minimum absolute atomic E-state index is 0.153. The lowest BCUT2D eigenvalue weighted by Gasteiger charge is -2.33. The van der Waals surface area contributed by atoms with Gasteiger partial charge in [0.25, 0.3) is 0 Å². The van der Waals surface area contributed by atoms with E-state index in [1.54, 1.807) is 0 Å². The molecule has 3 aliphatic rings. The maximum atomic E-state index is 12.8. The second kappa shape index (κ2) is 7.47. The Bertz CT molecular complexity index is 848. The van der Waals surface area contributed by atoms with Crippen LogP contribution in [0.2, 0.25) is 0 Å². The highest BCUT2D eigenvalue weighted by atomic mass is 16.6. The van der Waals surface area contributed by atoms with Crippen LogP contribution in [0.25, 0.3) is 0 Å². The summed E-state index contributed by atoms with van der Waals surface area (Å²) in [7, 11) is 0. The van der Waals surface area contributed by atoms with E-state index in [4.69, 9.17) is 4.74 Å². The average molecular weight is 377 g/mol. The number of likely N-dealkylation sites (tertiary alicyclic amines) is 1. The Morgan fingerprint density at radius 2 is 1.86 bits per heavy atom. The zero-order valence-electron chi connectivity index (χ0n) is 16.1. The topological polar surface area (TPSA) is 44.8 Å². The molecule has 0 aromatic heterocycles. The van der Waals surface area contributed by atoms with Crippen LogP contribution in [-0.2, 0) is 11.3 Å². The summed E-state index contributed by atoms with van der Waals surface area (Å²) in [6, 6.07) is 16.9. The van der Waals surface area contributed by atoms with Crippen LogP contribution in [0.3, 0.4) is 0 Å². The number of piperazine rings is 1. The molecule has 1 amide bonds. The van der Waals surface area contributed by atoms with Crippen molar-refractivity contribution in [3.63, 3.8) is 0 Å². The van der Waals surface area contributed by atoms with E-state index >= 15 is 0 Å². The van der Waals surface area contributed by atoms with Gasteiger partial charge in [0, 0.05) is 38.4 Å². The number of fused-ring (bicyclic) bond motifs is 5. The number of amides is 1. The van der Waals surface area contributed by atoms with Crippen LogP contribution < -0.4 is 10.2 Å². The first-order chi connectivity index (χ1) is 13.8. The number of anilines is 1. The van der Waals surface area contributed by atoms with E-state index in [0.29, 0.717) is 12.5 Å². The Kier molecular flexibility index (Phi) is 4.69. The van der Waals surface area contributed by atoms with Crippen LogP contribution in [-0.4, -0.2) is 43.7 Å². The van der Waals surface area contributed by atoms with Gasteiger partial charge in [-0.2, -0.15) is 0 Å². The highest BCUT2D eigenvalue weighted by Gasteiger charge is 2.41. The molecule has 5 nitrogen and oxygen atoms in total. The molecule has 28 heavy (non-hydrogen) atoms. The Labute approximate surface area is 166 Å². The number of piperidine rings is 1. The van der Waals surface area contributed by atoms with E-state index in [1.165, 1.54) is 16.8 Å². The van der Waals surface area contributed by atoms with Gasteiger partial charge in [-0.25, -0.2) is 4.79 Å². The molecular formula is C23H27N3O2. The predicted octanol–water partition coefficient (Wildman–Crippen LogP) is 3.67. The maximum absolute atomic E-state index is 12.8. The smallest absolute Gasteiger partial charge is 0.410 e. The van der Waals surface area contributed by atoms with Crippen molar-refractivity contribution in [2.24, 2.45) is 0 Å². The number of hydrogen-bond donors (Lipinski definition) is 1. The monoisotopic (exact) mass is 377 g/mol. The molecule has 5 heteroatoms. The molecule has 2 aromatic carbocycles. The van der Waals surface area contributed by atoms with Gasteiger partial charge in [-0.15, -0.1) is 0 Å². The summed E-state index contributed by atoms with van der Waals surface area (Å²) in [5.74, 6) is 0.579. The average Bonchev–Trinajstić information content (AvgIpc) is 3.05. The van der Waals surface area contributed by atoms with Gasteiger partial charge in [0.1, 0.15) is 6.61 Å². The second-order valence-corrected chi connectivity index (χ2v) is 8.02. The highest BCUT2D eigenvalue weighted by Crippen LogP contribution is 2.50. The van der Waals surface area contributed by atoms with Crippen LogP contribution in [0.1, 0.15) is 41.5 Å². The summed E-state index contributed by atoms with van der Waals surface area (Å²) < 4.78 is 5.65. The van der Waals surface area contributed by atoms with E-state index in [9.17, 15) is 4.79 Å². The first kappa shape index (κ1) is 17.6. The van der Waals surface area contributed by atoms with Crippen LogP contribution in [0.15, 0.2) is 48.5 Å². The van der Waals surface area contributed by atoms with Crippen LogP contribution in [0.4, 0.5) is 10.5 Å². The van der Waals surface area contributed by atoms with Crippen LogP contribution in [0.5, 0.6) is 0 Å². The number of benzene rings is 2. The quantitative estimate of drug-likeness (QED) is 0.887. The molecule has 146 valence electrons. The molecule has 0 radical (unpaired) electrons. The molecule has 2 atom stereocenters. The normalized spacial score (nSPS) is 23.4.